The molecule has 0 atom stereocenters. The van der Waals surface area contributed by atoms with Crippen LogP contribution in [0.4, 0.5) is 10.1 Å². The normalized spacial score (nSPS) is 10.7. The maximum absolute atomic E-state index is 13.4. The summed E-state index contributed by atoms with van der Waals surface area (Å²) in [5.41, 5.74) is 2.34. The van der Waals surface area contributed by atoms with Crippen LogP contribution < -0.4 is 10.1 Å². The largest absolute Gasteiger partial charge is 0.481 e. The van der Waals surface area contributed by atoms with Gasteiger partial charge in [-0.3, -0.25) is 4.79 Å². The van der Waals surface area contributed by atoms with Crippen LogP contribution in [0.1, 0.15) is 12.7 Å². The minimum absolute atomic E-state index is 0.0549. The van der Waals surface area contributed by atoms with Crippen LogP contribution in [0.15, 0.2) is 42.5 Å². The van der Waals surface area contributed by atoms with E-state index in [0.717, 1.165) is 23.3 Å². The van der Waals surface area contributed by atoms with Gasteiger partial charge in [0.05, 0.1) is 11.0 Å². The molecule has 6 heteroatoms. The number of benzene rings is 2. The Labute approximate surface area is 132 Å². The Morgan fingerprint density at radius 3 is 2.91 bits per heavy atom. The number of carbonyl (C=O) groups is 1. The summed E-state index contributed by atoms with van der Waals surface area (Å²) in [5.74, 6) is 0.0970. The first-order valence-corrected chi connectivity index (χ1v) is 7.31. The van der Waals surface area contributed by atoms with Crippen molar-refractivity contribution < 1.29 is 13.9 Å². The second-order valence-electron chi connectivity index (χ2n) is 5.04. The second-order valence-corrected chi connectivity index (χ2v) is 5.04. The van der Waals surface area contributed by atoms with Gasteiger partial charge in [-0.2, -0.15) is 0 Å². The molecule has 2 aromatic carbocycles. The number of ether oxygens (including phenoxy) is 1. The number of amides is 1. The predicted octanol–water partition coefficient (Wildman–Crippen LogP) is 3.28. The fourth-order valence-electron chi connectivity index (χ4n) is 2.21. The molecule has 0 aliphatic rings. The van der Waals surface area contributed by atoms with Crippen LogP contribution >= 0.6 is 0 Å². The molecule has 1 amide bonds. The molecule has 118 valence electrons. The number of rotatable bonds is 5. The Morgan fingerprint density at radius 2 is 2.13 bits per heavy atom. The molecule has 0 bridgehead atoms. The lowest BCUT2D eigenvalue weighted by Gasteiger charge is -2.08. The number of imidazole rings is 1. The summed E-state index contributed by atoms with van der Waals surface area (Å²) in [5, 5.41) is 2.72. The number of nitrogens with zero attached hydrogens (tertiary/aromatic N) is 1. The third-order valence-electron chi connectivity index (χ3n) is 3.34. The summed E-state index contributed by atoms with van der Waals surface area (Å²) >= 11 is 0. The van der Waals surface area contributed by atoms with Gasteiger partial charge >= 0.3 is 0 Å². The first-order chi connectivity index (χ1) is 11.2. The predicted molar refractivity (Wildman–Crippen MR) is 86.0 cm³/mol. The molecule has 2 N–H and O–H groups in total. The Morgan fingerprint density at radius 1 is 1.30 bits per heavy atom. The van der Waals surface area contributed by atoms with E-state index in [1.54, 1.807) is 18.2 Å². The molecular formula is C17H16FN3O2. The Kier molecular flexibility index (Phi) is 4.23. The van der Waals surface area contributed by atoms with E-state index in [1.807, 2.05) is 19.1 Å². The van der Waals surface area contributed by atoms with Crippen molar-refractivity contribution >= 4 is 22.6 Å². The van der Waals surface area contributed by atoms with Crippen LogP contribution in [0.3, 0.4) is 0 Å². The van der Waals surface area contributed by atoms with Crippen LogP contribution in [0, 0.1) is 5.82 Å². The second kappa shape index (κ2) is 6.48. The Bertz CT molecular complexity index is 845. The number of hydrogen-bond donors (Lipinski definition) is 2. The topological polar surface area (TPSA) is 67.0 Å². The lowest BCUT2D eigenvalue weighted by Crippen LogP contribution is -2.20. The minimum Gasteiger partial charge on any atom is -0.481 e. The summed E-state index contributed by atoms with van der Waals surface area (Å²) in [6.45, 7) is 1.75. The molecule has 5 nitrogen and oxygen atoms in total. The maximum Gasteiger partial charge on any atom is 0.262 e. The van der Waals surface area contributed by atoms with E-state index in [-0.39, 0.29) is 18.3 Å². The molecule has 0 spiro atoms. The first-order valence-electron chi connectivity index (χ1n) is 7.31. The van der Waals surface area contributed by atoms with Crippen molar-refractivity contribution in [2.75, 3.05) is 11.9 Å². The molecule has 3 aromatic rings. The highest BCUT2D eigenvalue weighted by molar-refractivity contribution is 5.94. The average Bonchev–Trinajstić information content (AvgIpc) is 2.96. The zero-order valence-corrected chi connectivity index (χ0v) is 12.6. The van der Waals surface area contributed by atoms with Gasteiger partial charge in [-0.1, -0.05) is 19.1 Å². The van der Waals surface area contributed by atoms with Crippen molar-refractivity contribution in [3.63, 3.8) is 0 Å². The Hall–Kier alpha value is -2.89. The number of nitrogens with one attached hydrogen (secondary N) is 2. The van der Waals surface area contributed by atoms with Crippen molar-refractivity contribution in [2.45, 2.75) is 13.3 Å². The van der Waals surface area contributed by atoms with Crippen LogP contribution in [-0.2, 0) is 11.2 Å². The van der Waals surface area contributed by atoms with Crippen molar-refractivity contribution in [1.82, 2.24) is 9.97 Å². The van der Waals surface area contributed by atoms with Crippen molar-refractivity contribution in [3.8, 4) is 5.75 Å². The third kappa shape index (κ3) is 3.48. The first kappa shape index (κ1) is 15.0. The fraction of sp³-hybridized carbons (Fsp3) is 0.176. The molecule has 0 saturated carbocycles. The van der Waals surface area contributed by atoms with Crippen molar-refractivity contribution in [1.29, 1.82) is 0 Å². The van der Waals surface area contributed by atoms with Gasteiger partial charge in [0, 0.05) is 12.1 Å². The minimum atomic E-state index is -0.494. The highest BCUT2D eigenvalue weighted by Gasteiger charge is 2.08. The lowest BCUT2D eigenvalue weighted by atomic mass is 10.3. The number of aryl methyl sites for hydroxylation is 1. The van der Waals surface area contributed by atoms with E-state index in [1.165, 1.54) is 12.1 Å². The fourth-order valence-corrected chi connectivity index (χ4v) is 2.21. The van der Waals surface area contributed by atoms with Gasteiger partial charge in [0.15, 0.2) is 18.2 Å². The number of carbonyl (C=O) groups excluding carboxylic acids is 1. The van der Waals surface area contributed by atoms with E-state index in [0.29, 0.717) is 5.69 Å². The number of H-pyrrole nitrogens is 1. The standard InChI is InChI=1S/C17H16FN3O2/c1-2-16-20-13-8-7-11(9-14(13)21-16)19-17(22)10-23-15-6-4-3-5-12(15)18/h3-9H,2,10H2,1H3,(H,19,22)(H,20,21). The molecule has 23 heavy (non-hydrogen) atoms. The average molecular weight is 313 g/mol. The van der Waals surface area contributed by atoms with E-state index >= 15 is 0 Å². The molecule has 1 aromatic heterocycles. The van der Waals surface area contributed by atoms with Gasteiger partial charge in [-0.15, -0.1) is 0 Å². The molecule has 1 heterocycles. The number of halogens is 1. The quantitative estimate of drug-likeness (QED) is 0.759. The zero-order chi connectivity index (χ0) is 16.2. The highest BCUT2D eigenvalue weighted by atomic mass is 19.1. The lowest BCUT2D eigenvalue weighted by molar-refractivity contribution is -0.118. The zero-order valence-electron chi connectivity index (χ0n) is 12.6. The van der Waals surface area contributed by atoms with E-state index < -0.39 is 5.82 Å². The van der Waals surface area contributed by atoms with E-state index in [9.17, 15) is 9.18 Å². The summed E-state index contributed by atoms with van der Waals surface area (Å²) in [4.78, 5) is 19.5. The van der Waals surface area contributed by atoms with Gasteiger partial charge < -0.3 is 15.0 Å². The van der Waals surface area contributed by atoms with Crippen LogP contribution in [0.2, 0.25) is 0 Å². The van der Waals surface area contributed by atoms with Crippen LogP contribution in [0.5, 0.6) is 5.75 Å². The molecule has 0 unspecified atom stereocenters. The van der Waals surface area contributed by atoms with Crippen LogP contribution in [-0.4, -0.2) is 22.5 Å². The van der Waals surface area contributed by atoms with Gasteiger partial charge in [0.25, 0.3) is 5.91 Å². The number of aromatic nitrogens is 2. The Balaban J connectivity index is 1.64. The molecular weight excluding hydrogens is 297 g/mol. The summed E-state index contributed by atoms with van der Waals surface area (Å²) < 4.78 is 18.6. The molecule has 0 fully saturated rings. The van der Waals surface area contributed by atoms with Gasteiger partial charge in [-0.25, -0.2) is 9.37 Å². The monoisotopic (exact) mass is 313 g/mol. The summed E-state index contributed by atoms with van der Waals surface area (Å²) in [6, 6.07) is 11.4. The molecule has 3 rings (SSSR count). The number of anilines is 1. The van der Waals surface area contributed by atoms with Gasteiger partial charge in [-0.05, 0) is 30.3 Å². The van der Waals surface area contributed by atoms with Crippen molar-refractivity contribution in [3.05, 3.63) is 54.1 Å². The van der Waals surface area contributed by atoms with Gasteiger partial charge in [0.1, 0.15) is 5.82 Å². The molecule has 0 aliphatic heterocycles. The van der Waals surface area contributed by atoms with E-state index in [4.69, 9.17) is 4.74 Å². The number of aromatic amines is 1. The molecule has 0 radical (unpaired) electrons. The summed E-state index contributed by atoms with van der Waals surface area (Å²) in [7, 11) is 0. The molecule has 0 saturated heterocycles. The smallest absolute Gasteiger partial charge is 0.262 e. The summed E-state index contributed by atoms with van der Waals surface area (Å²) in [6.07, 6.45) is 0.812. The van der Waals surface area contributed by atoms with Crippen molar-refractivity contribution in [2.24, 2.45) is 0 Å². The van der Waals surface area contributed by atoms with Crippen LogP contribution in [0.25, 0.3) is 11.0 Å². The number of hydrogen-bond acceptors (Lipinski definition) is 3. The number of fused-ring (bicyclic) bond motifs is 1. The van der Waals surface area contributed by atoms with E-state index in [2.05, 4.69) is 15.3 Å². The SMILES string of the molecule is CCc1nc2ccc(NC(=O)COc3ccccc3F)cc2[nH]1. The van der Waals surface area contributed by atoms with Gasteiger partial charge in [0.2, 0.25) is 0 Å². The highest BCUT2D eigenvalue weighted by Crippen LogP contribution is 2.18. The third-order valence-corrected chi connectivity index (χ3v) is 3.34. The molecule has 0 aliphatic carbocycles. The maximum atomic E-state index is 13.4. The number of para-hydroxylation sites is 1.